The van der Waals surface area contributed by atoms with Gasteiger partial charge in [-0.15, -0.1) is 0 Å². The van der Waals surface area contributed by atoms with E-state index in [9.17, 15) is 10.4 Å². The van der Waals surface area contributed by atoms with Crippen LogP contribution in [0.4, 0.5) is 5.69 Å². The largest absolute Gasteiger partial charge is 0.480 e. The molecule has 1 aromatic heterocycles. The third-order valence-electron chi connectivity index (χ3n) is 2.79. The Morgan fingerprint density at radius 3 is 3.22 bits per heavy atom. The number of nitriles is 1. The van der Waals surface area contributed by atoms with E-state index in [1.165, 1.54) is 7.11 Å². The van der Waals surface area contributed by atoms with Gasteiger partial charge in [-0.1, -0.05) is 0 Å². The first-order chi connectivity index (χ1) is 8.76. The van der Waals surface area contributed by atoms with Crippen LogP contribution in [0.15, 0.2) is 12.3 Å². The van der Waals surface area contributed by atoms with Crippen molar-refractivity contribution in [1.82, 2.24) is 4.98 Å². The highest BCUT2D eigenvalue weighted by Crippen LogP contribution is 2.26. The van der Waals surface area contributed by atoms with Crippen LogP contribution in [-0.2, 0) is 4.74 Å². The fourth-order valence-electron chi connectivity index (χ4n) is 1.97. The molecule has 6 nitrogen and oxygen atoms in total. The summed E-state index contributed by atoms with van der Waals surface area (Å²) in [5.74, 6) is 0.301. The van der Waals surface area contributed by atoms with Crippen molar-refractivity contribution < 1.29 is 14.6 Å². The van der Waals surface area contributed by atoms with E-state index >= 15 is 0 Å². The van der Waals surface area contributed by atoms with Gasteiger partial charge in [0.25, 0.3) is 0 Å². The molecule has 1 atom stereocenters. The van der Waals surface area contributed by atoms with Crippen LogP contribution < -0.4 is 9.64 Å². The number of aromatic nitrogens is 1. The first-order valence-electron chi connectivity index (χ1n) is 5.70. The third kappa shape index (κ3) is 2.53. The Kier molecular flexibility index (Phi) is 3.97. The van der Waals surface area contributed by atoms with Crippen molar-refractivity contribution in [1.29, 1.82) is 5.26 Å². The van der Waals surface area contributed by atoms with Gasteiger partial charge in [-0.25, -0.2) is 4.98 Å². The third-order valence-corrected chi connectivity index (χ3v) is 2.79. The average molecular weight is 249 g/mol. The molecule has 2 rings (SSSR count). The Morgan fingerprint density at radius 1 is 1.67 bits per heavy atom. The average Bonchev–Trinajstić information content (AvgIpc) is 2.62. The number of rotatable bonds is 2. The second-order valence-electron chi connectivity index (χ2n) is 4.00. The van der Waals surface area contributed by atoms with Crippen molar-refractivity contribution in [2.45, 2.75) is 6.10 Å². The predicted octanol–water partition coefficient (Wildman–Crippen LogP) is 0.159. The van der Waals surface area contributed by atoms with Gasteiger partial charge in [-0.3, -0.25) is 0 Å². The zero-order valence-corrected chi connectivity index (χ0v) is 10.2. The van der Waals surface area contributed by atoms with Crippen LogP contribution in [0, 0.1) is 11.3 Å². The molecule has 2 heterocycles. The molecule has 0 aromatic carbocycles. The summed E-state index contributed by atoms with van der Waals surface area (Å²) in [5, 5.41) is 18.9. The molecule has 1 aliphatic heterocycles. The molecule has 0 aliphatic carbocycles. The standard InChI is InChI=1S/C12H15N3O3/c1-17-12-10(6-13)11(2-3-14-12)15-4-5-18-8-9(16)7-15/h2-3,9,16H,4-5,7-8H2,1H3/t9-/m0/s1. The minimum absolute atomic E-state index is 0.301. The number of hydrogen-bond donors (Lipinski definition) is 1. The Hall–Kier alpha value is -1.84. The van der Waals surface area contributed by atoms with Crippen molar-refractivity contribution in [2.24, 2.45) is 0 Å². The summed E-state index contributed by atoms with van der Waals surface area (Å²) in [4.78, 5) is 5.92. The highest BCUT2D eigenvalue weighted by Gasteiger charge is 2.21. The fraction of sp³-hybridized carbons (Fsp3) is 0.500. The maximum absolute atomic E-state index is 9.71. The van der Waals surface area contributed by atoms with Gasteiger partial charge in [-0.05, 0) is 6.07 Å². The number of aliphatic hydroxyl groups excluding tert-OH is 1. The topological polar surface area (TPSA) is 78.6 Å². The van der Waals surface area contributed by atoms with Crippen LogP contribution in [0.1, 0.15) is 5.56 Å². The van der Waals surface area contributed by atoms with Crippen LogP contribution in [-0.4, -0.2) is 49.6 Å². The second-order valence-corrected chi connectivity index (χ2v) is 4.00. The molecule has 0 spiro atoms. The Balaban J connectivity index is 2.34. The summed E-state index contributed by atoms with van der Waals surface area (Å²) < 4.78 is 10.3. The SMILES string of the molecule is COc1nccc(N2CCOC[C@@H](O)C2)c1C#N. The van der Waals surface area contributed by atoms with Crippen LogP contribution in [0.3, 0.4) is 0 Å². The Labute approximate surface area is 105 Å². The van der Waals surface area contributed by atoms with E-state index in [-0.39, 0.29) is 0 Å². The lowest BCUT2D eigenvalue weighted by Gasteiger charge is -2.24. The monoisotopic (exact) mass is 249 g/mol. The van der Waals surface area contributed by atoms with Crippen LogP contribution in [0.2, 0.25) is 0 Å². The molecule has 0 bridgehead atoms. The van der Waals surface area contributed by atoms with E-state index in [0.717, 1.165) is 0 Å². The number of ether oxygens (including phenoxy) is 2. The molecule has 1 aliphatic rings. The molecule has 96 valence electrons. The molecule has 1 fully saturated rings. The fourth-order valence-corrected chi connectivity index (χ4v) is 1.97. The van der Waals surface area contributed by atoms with E-state index in [1.807, 2.05) is 4.90 Å². The van der Waals surface area contributed by atoms with Crippen LogP contribution >= 0.6 is 0 Å². The quantitative estimate of drug-likeness (QED) is 0.804. The zero-order chi connectivity index (χ0) is 13.0. The second kappa shape index (κ2) is 5.67. The molecular formula is C12H15N3O3. The van der Waals surface area contributed by atoms with Gasteiger partial charge in [0.05, 0.1) is 32.1 Å². The summed E-state index contributed by atoms with van der Waals surface area (Å²) >= 11 is 0. The van der Waals surface area contributed by atoms with Gasteiger partial charge in [0.2, 0.25) is 5.88 Å². The Morgan fingerprint density at radius 2 is 2.50 bits per heavy atom. The number of hydrogen-bond acceptors (Lipinski definition) is 6. The minimum Gasteiger partial charge on any atom is -0.480 e. The molecular weight excluding hydrogens is 234 g/mol. The van der Waals surface area contributed by atoms with Crippen molar-refractivity contribution in [3.63, 3.8) is 0 Å². The number of β-amino-alcohol motifs (C(OH)–C–C–N with tert-alkyl or cyclic N) is 1. The maximum Gasteiger partial charge on any atom is 0.233 e. The highest BCUT2D eigenvalue weighted by molar-refractivity contribution is 5.63. The molecule has 0 radical (unpaired) electrons. The lowest BCUT2D eigenvalue weighted by Crippen LogP contribution is -2.33. The lowest BCUT2D eigenvalue weighted by atomic mass is 10.2. The van der Waals surface area contributed by atoms with Gasteiger partial charge in [0.15, 0.2) is 0 Å². The number of nitrogens with zero attached hydrogens (tertiary/aromatic N) is 3. The van der Waals surface area contributed by atoms with Crippen molar-refractivity contribution >= 4 is 5.69 Å². The Bertz CT molecular complexity index is 458. The maximum atomic E-state index is 9.71. The molecule has 0 unspecified atom stereocenters. The van der Waals surface area contributed by atoms with E-state index in [1.54, 1.807) is 12.3 Å². The van der Waals surface area contributed by atoms with E-state index in [0.29, 0.717) is 43.4 Å². The van der Waals surface area contributed by atoms with Gasteiger partial charge >= 0.3 is 0 Å². The number of methoxy groups -OCH3 is 1. The summed E-state index contributed by atoms with van der Waals surface area (Å²) in [7, 11) is 1.48. The first kappa shape index (κ1) is 12.6. The van der Waals surface area contributed by atoms with Gasteiger partial charge in [0, 0.05) is 19.3 Å². The molecule has 1 N–H and O–H groups in total. The van der Waals surface area contributed by atoms with Crippen molar-refractivity contribution in [3.8, 4) is 11.9 Å². The summed E-state index contributed by atoms with van der Waals surface area (Å²) in [6.07, 6.45) is 1.03. The summed E-state index contributed by atoms with van der Waals surface area (Å²) in [5.41, 5.74) is 1.10. The number of anilines is 1. The molecule has 18 heavy (non-hydrogen) atoms. The minimum atomic E-state index is -0.557. The molecule has 0 amide bonds. The van der Waals surface area contributed by atoms with Crippen LogP contribution in [0.5, 0.6) is 5.88 Å². The number of aliphatic hydroxyl groups is 1. The molecule has 1 saturated heterocycles. The van der Waals surface area contributed by atoms with Crippen molar-refractivity contribution in [2.75, 3.05) is 38.3 Å². The van der Waals surface area contributed by atoms with Gasteiger partial charge in [0.1, 0.15) is 11.6 Å². The number of pyridine rings is 1. The summed E-state index contributed by atoms with van der Waals surface area (Å²) in [6.45, 7) is 1.90. The van der Waals surface area contributed by atoms with Gasteiger partial charge in [-0.2, -0.15) is 5.26 Å². The normalized spacial score (nSPS) is 20.1. The predicted molar refractivity (Wildman–Crippen MR) is 64.5 cm³/mol. The lowest BCUT2D eigenvalue weighted by molar-refractivity contribution is 0.0597. The van der Waals surface area contributed by atoms with E-state index in [4.69, 9.17) is 9.47 Å². The molecule has 6 heteroatoms. The van der Waals surface area contributed by atoms with E-state index < -0.39 is 6.10 Å². The van der Waals surface area contributed by atoms with Crippen molar-refractivity contribution in [3.05, 3.63) is 17.8 Å². The van der Waals surface area contributed by atoms with Crippen LogP contribution in [0.25, 0.3) is 0 Å². The molecule has 0 saturated carbocycles. The van der Waals surface area contributed by atoms with Gasteiger partial charge < -0.3 is 19.5 Å². The van der Waals surface area contributed by atoms with E-state index in [2.05, 4.69) is 11.1 Å². The smallest absolute Gasteiger partial charge is 0.233 e. The highest BCUT2D eigenvalue weighted by atomic mass is 16.5. The molecule has 1 aromatic rings. The zero-order valence-electron chi connectivity index (χ0n) is 10.2. The summed E-state index contributed by atoms with van der Waals surface area (Å²) in [6, 6.07) is 3.85. The first-order valence-corrected chi connectivity index (χ1v) is 5.70.